The predicted molar refractivity (Wildman–Crippen MR) is 58.0 cm³/mol. The Bertz CT molecular complexity index is 394. The van der Waals surface area contributed by atoms with Gasteiger partial charge in [-0.2, -0.15) is 0 Å². The number of aliphatic hydroxyl groups is 1. The molecule has 0 saturated carbocycles. The van der Waals surface area contributed by atoms with Crippen LogP contribution in [0.25, 0.3) is 0 Å². The summed E-state index contributed by atoms with van der Waals surface area (Å²) in [5.41, 5.74) is -1.22. The van der Waals surface area contributed by atoms with Crippen molar-refractivity contribution in [2.75, 3.05) is 7.11 Å². The van der Waals surface area contributed by atoms with Crippen LogP contribution in [0.15, 0.2) is 18.2 Å². The van der Waals surface area contributed by atoms with Crippen LogP contribution in [0.2, 0.25) is 0 Å². The van der Waals surface area contributed by atoms with Crippen molar-refractivity contribution in [1.82, 2.24) is 0 Å². The lowest BCUT2D eigenvalue weighted by atomic mass is 9.97. The van der Waals surface area contributed by atoms with Gasteiger partial charge in [-0.05, 0) is 25.5 Å². The molecule has 0 bridgehead atoms. The molecule has 0 heterocycles. The van der Waals surface area contributed by atoms with Crippen LogP contribution in [0.3, 0.4) is 0 Å². The number of rotatable bonds is 4. The minimum absolute atomic E-state index is 0.0982. The van der Waals surface area contributed by atoms with E-state index in [2.05, 4.69) is 0 Å². The molecule has 0 aliphatic heterocycles. The van der Waals surface area contributed by atoms with Crippen molar-refractivity contribution >= 4 is 5.78 Å². The molecule has 1 N–H and O–H groups in total. The van der Waals surface area contributed by atoms with Crippen molar-refractivity contribution < 1.29 is 19.0 Å². The summed E-state index contributed by atoms with van der Waals surface area (Å²) >= 11 is 0. The number of Topliss-reactive ketones (excluding diaryl/α,β-unsaturated/α-hetero) is 1. The van der Waals surface area contributed by atoms with Gasteiger partial charge < -0.3 is 9.84 Å². The van der Waals surface area contributed by atoms with Gasteiger partial charge in [-0.25, -0.2) is 4.39 Å². The maximum absolute atomic E-state index is 13.7. The van der Waals surface area contributed by atoms with Crippen LogP contribution in [0.5, 0.6) is 5.75 Å². The van der Waals surface area contributed by atoms with E-state index >= 15 is 0 Å². The number of methoxy groups -OCH3 is 1. The lowest BCUT2D eigenvalue weighted by Crippen LogP contribution is -2.32. The zero-order chi connectivity index (χ0) is 12.3. The number of benzene rings is 1. The molecule has 4 heteroatoms. The molecule has 0 atom stereocenters. The summed E-state index contributed by atoms with van der Waals surface area (Å²) in [7, 11) is 1.36. The number of ketones is 1. The molecule has 0 spiro atoms. The fourth-order valence-corrected chi connectivity index (χ4v) is 1.24. The number of halogens is 1. The number of carbonyl (C=O) groups is 1. The summed E-state index contributed by atoms with van der Waals surface area (Å²) in [5, 5.41) is 9.46. The second-order valence-corrected chi connectivity index (χ2v) is 4.09. The van der Waals surface area contributed by atoms with Gasteiger partial charge in [0.15, 0.2) is 17.3 Å². The van der Waals surface area contributed by atoms with Gasteiger partial charge in [-0.15, -0.1) is 0 Å². The maximum Gasteiger partial charge on any atom is 0.168 e. The Morgan fingerprint density at radius 2 is 2.12 bits per heavy atom. The van der Waals surface area contributed by atoms with Gasteiger partial charge in [0.2, 0.25) is 0 Å². The third-order valence-electron chi connectivity index (χ3n) is 2.30. The van der Waals surface area contributed by atoms with E-state index < -0.39 is 17.2 Å². The molecule has 0 aromatic heterocycles. The van der Waals surface area contributed by atoms with Gasteiger partial charge >= 0.3 is 0 Å². The zero-order valence-electron chi connectivity index (χ0n) is 9.58. The van der Waals surface area contributed by atoms with Crippen molar-refractivity contribution in [3.63, 3.8) is 0 Å². The highest BCUT2D eigenvalue weighted by molar-refractivity contribution is 5.88. The Kier molecular flexibility index (Phi) is 3.65. The lowest BCUT2D eigenvalue weighted by Gasteiger charge is -2.16. The second kappa shape index (κ2) is 4.61. The zero-order valence-corrected chi connectivity index (χ0v) is 9.58. The molecule has 1 aromatic carbocycles. The second-order valence-electron chi connectivity index (χ2n) is 4.09. The molecular formula is C12H15FO3. The Morgan fingerprint density at radius 3 is 2.62 bits per heavy atom. The topological polar surface area (TPSA) is 46.5 Å². The molecule has 0 aliphatic rings. The fourth-order valence-electron chi connectivity index (χ4n) is 1.24. The first-order valence-electron chi connectivity index (χ1n) is 4.93. The van der Waals surface area contributed by atoms with Crippen LogP contribution in [-0.4, -0.2) is 23.6 Å². The van der Waals surface area contributed by atoms with Gasteiger partial charge in [0.25, 0.3) is 0 Å². The molecule has 0 aliphatic carbocycles. The highest BCUT2D eigenvalue weighted by atomic mass is 19.1. The normalized spacial score (nSPS) is 11.3. The Hall–Kier alpha value is -1.42. The van der Waals surface area contributed by atoms with Crippen LogP contribution < -0.4 is 4.74 Å². The summed E-state index contributed by atoms with van der Waals surface area (Å²) < 4.78 is 18.5. The van der Waals surface area contributed by atoms with Crippen LogP contribution in [0.1, 0.15) is 19.4 Å². The van der Waals surface area contributed by atoms with Gasteiger partial charge in [-0.3, -0.25) is 4.79 Å². The third kappa shape index (κ3) is 2.79. The standard InChI is InChI=1S/C12H15FO3/c1-12(2,15)10(14)7-8-5-4-6-9(16-3)11(8)13/h4-6,15H,7H2,1-3H3. The van der Waals surface area contributed by atoms with Crippen LogP contribution >= 0.6 is 0 Å². The summed E-state index contributed by atoms with van der Waals surface area (Å²) in [6.45, 7) is 2.76. The number of hydrogen-bond donors (Lipinski definition) is 1. The first kappa shape index (κ1) is 12.6. The smallest absolute Gasteiger partial charge is 0.168 e. The summed E-state index contributed by atoms with van der Waals surface area (Å²) in [6.07, 6.45) is -0.146. The van der Waals surface area contributed by atoms with E-state index in [4.69, 9.17) is 4.74 Å². The highest BCUT2D eigenvalue weighted by Gasteiger charge is 2.25. The first-order valence-corrected chi connectivity index (χ1v) is 4.93. The molecule has 0 amide bonds. The first-order chi connectivity index (χ1) is 7.36. The molecule has 16 heavy (non-hydrogen) atoms. The van der Waals surface area contributed by atoms with E-state index in [1.54, 1.807) is 6.07 Å². The SMILES string of the molecule is COc1cccc(CC(=O)C(C)(C)O)c1F. The van der Waals surface area contributed by atoms with Crippen molar-refractivity contribution in [1.29, 1.82) is 0 Å². The predicted octanol–water partition coefficient (Wildman–Crippen LogP) is 1.72. The largest absolute Gasteiger partial charge is 0.494 e. The molecule has 0 saturated heterocycles. The van der Waals surface area contributed by atoms with E-state index in [1.165, 1.54) is 33.1 Å². The number of ether oxygens (including phenoxy) is 1. The lowest BCUT2D eigenvalue weighted by molar-refractivity contribution is -0.133. The third-order valence-corrected chi connectivity index (χ3v) is 2.30. The summed E-state index contributed by atoms with van der Waals surface area (Å²) in [4.78, 5) is 11.5. The minimum Gasteiger partial charge on any atom is -0.494 e. The molecule has 0 unspecified atom stereocenters. The van der Waals surface area contributed by atoms with E-state index in [0.717, 1.165) is 0 Å². The van der Waals surface area contributed by atoms with Crippen LogP contribution in [0, 0.1) is 5.82 Å². The molecule has 1 rings (SSSR count). The highest BCUT2D eigenvalue weighted by Crippen LogP contribution is 2.21. The fraction of sp³-hybridized carbons (Fsp3) is 0.417. The summed E-state index contributed by atoms with van der Waals surface area (Å²) in [6, 6.07) is 4.59. The average molecular weight is 226 g/mol. The monoisotopic (exact) mass is 226 g/mol. The Balaban J connectivity index is 2.94. The van der Waals surface area contributed by atoms with Crippen molar-refractivity contribution in [3.8, 4) is 5.75 Å². The maximum atomic E-state index is 13.7. The number of carbonyl (C=O) groups excluding carboxylic acids is 1. The van der Waals surface area contributed by atoms with Crippen LogP contribution in [-0.2, 0) is 11.2 Å². The van der Waals surface area contributed by atoms with E-state index in [-0.39, 0.29) is 17.7 Å². The average Bonchev–Trinajstić information content (AvgIpc) is 2.19. The molecule has 1 aromatic rings. The van der Waals surface area contributed by atoms with Gasteiger partial charge in [0.1, 0.15) is 5.60 Å². The minimum atomic E-state index is -1.45. The van der Waals surface area contributed by atoms with Gasteiger partial charge in [-0.1, -0.05) is 12.1 Å². The Morgan fingerprint density at radius 1 is 1.50 bits per heavy atom. The van der Waals surface area contributed by atoms with Crippen molar-refractivity contribution in [2.24, 2.45) is 0 Å². The van der Waals surface area contributed by atoms with Crippen molar-refractivity contribution in [3.05, 3.63) is 29.6 Å². The van der Waals surface area contributed by atoms with Crippen molar-refractivity contribution in [2.45, 2.75) is 25.9 Å². The molecule has 88 valence electrons. The molecular weight excluding hydrogens is 211 g/mol. The van der Waals surface area contributed by atoms with Gasteiger partial charge in [0.05, 0.1) is 7.11 Å². The molecule has 0 fully saturated rings. The van der Waals surface area contributed by atoms with Gasteiger partial charge in [0, 0.05) is 6.42 Å². The molecule has 0 radical (unpaired) electrons. The summed E-state index contributed by atoms with van der Waals surface area (Å²) in [5.74, 6) is -0.886. The quantitative estimate of drug-likeness (QED) is 0.850. The number of hydrogen-bond acceptors (Lipinski definition) is 3. The van der Waals surface area contributed by atoms with E-state index in [0.29, 0.717) is 0 Å². The Labute approximate surface area is 93.9 Å². The van der Waals surface area contributed by atoms with E-state index in [9.17, 15) is 14.3 Å². The van der Waals surface area contributed by atoms with Crippen LogP contribution in [0.4, 0.5) is 4.39 Å². The molecule has 3 nitrogen and oxygen atoms in total. The van der Waals surface area contributed by atoms with E-state index in [1.807, 2.05) is 0 Å².